The Balaban J connectivity index is 0.00000210. The van der Waals surface area contributed by atoms with E-state index in [-0.39, 0.29) is 24.0 Å². The molecule has 0 aliphatic carbocycles. The molecule has 27 heavy (non-hydrogen) atoms. The Morgan fingerprint density at radius 2 is 1.59 bits per heavy atom. The van der Waals surface area contributed by atoms with E-state index in [0.29, 0.717) is 0 Å². The second kappa shape index (κ2) is 8.41. The molecule has 1 fully saturated rings. The van der Waals surface area contributed by atoms with Gasteiger partial charge in [-0.1, -0.05) is 28.6 Å². The highest BCUT2D eigenvalue weighted by Gasteiger charge is 2.25. The van der Waals surface area contributed by atoms with Gasteiger partial charge in [-0.05, 0) is 30.8 Å². The zero-order valence-corrected chi connectivity index (χ0v) is 19.4. The molecule has 4 nitrogen and oxygen atoms in total. The number of nitrogens with zero attached hydrogens (tertiary/aromatic N) is 4. The van der Waals surface area contributed by atoms with Gasteiger partial charge in [-0.3, -0.25) is 0 Å². The molecule has 0 radical (unpaired) electrons. The average molecular weight is 494 g/mol. The van der Waals surface area contributed by atoms with Crippen molar-refractivity contribution < 1.29 is 28.7 Å². The molecule has 1 saturated heterocycles. The number of para-hydroxylation sites is 1. The molecule has 0 unspecified atom stereocenters. The van der Waals surface area contributed by atoms with Gasteiger partial charge in [-0.2, -0.15) is 5.01 Å². The Morgan fingerprint density at radius 1 is 0.963 bits per heavy atom. The summed E-state index contributed by atoms with van der Waals surface area (Å²) in [6, 6.07) is 13.2. The van der Waals surface area contributed by atoms with Crippen molar-refractivity contribution >= 4 is 23.5 Å². The number of likely N-dealkylation sites (N-methyl/N-ethyl adjacent to an activating group) is 1. The largest absolute Gasteiger partial charge is 1.00 e. The summed E-state index contributed by atoms with van der Waals surface area (Å²) in [6.45, 7) is 8.84. The number of halogens is 1. The lowest BCUT2D eigenvalue weighted by molar-refractivity contribution is -0.706. The van der Waals surface area contributed by atoms with E-state index in [1.54, 1.807) is 0 Å². The molecule has 1 aromatic heterocycles. The van der Waals surface area contributed by atoms with E-state index >= 15 is 0 Å². The van der Waals surface area contributed by atoms with Gasteiger partial charge in [0.1, 0.15) is 0 Å². The van der Waals surface area contributed by atoms with Gasteiger partial charge < -0.3 is 33.8 Å². The summed E-state index contributed by atoms with van der Waals surface area (Å²) in [4.78, 5) is 6.01. The molecule has 2 aliphatic rings. The third kappa shape index (κ3) is 4.12. The molecule has 0 saturated carbocycles. The number of thioether (sulfide) groups is 1. The normalized spacial score (nSPS) is 18.6. The molecule has 6 heteroatoms. The van der Waals surface area contributed by atoms with E-state index in [0.717, 1.165) is 26.2 Å². The number of aromatic nitrogens is 1. The number of hydrogen-bond donors (Lipinski definition) is 0. The van der Waals surface area contributed by atoms with Crippen LogP contribution in [0.15, 0.2) is 46.3 Å². The first-order valence-electron chi connectivity index (χ1n) is 9.22. The number of aryl methyl sites for hydroxylation is 2. The molecule has 0 N–H and O–H groups in total. The highest BCUT2D eigenvalue weighted by atomic mass is 127. The molecule has 144 valence electrons. The van der Waals surface area contributed by atoms with E-state index in [4.69, 9.17) is 0 Å². The molecule has 0 bridgehead atoms. The summed E-state index contributed by atoms with van der Waals surface area (Å²) in [7, 11) is 4.35. The maximum absolute atomic E-state index is 2.47. The van der Waals surface area contributed by atoms with E-state index in [1.807, 2.05) is 11.8 Å². The average Bonchev–Trinajstić information content (AvgIpc) is 2.92. The predicted octanol–water partition coefficient (Wildman–Crippen LogP) is 0.0188. The first kappa shape index (κ1) is 20.5. The Labute approximate surface area is 183 Å². The highest BCUT2D eigenvalue weighted by Crippen LogP contribution is 2.45. The Bertz CT molecular complexity index is 836. The van der Waals surface area contributed by atoms with Crippen molar-refractivity contribution in [3.63, 3.8) is 0 Å². The number of piperazine rings is 1. The molecule has 0 atom stereocenters. The maximum Gasteiger partial charge on any atom is 0.209 e. The topological polar surface area (TPSA) is 13.6 Å². The molecule has 2 aromatic rings. The summed E-state index contributed by atoms with van der Waals surface area (Å²) in [6.07, 6.45) is 2.30. The van der Waals surface area contributed by atoms with Gasteiger partial charge in [-0.15, -0.1) is 0 Å². The van der Waals surface area contributed by atoms with Crippen molar-refractivity contribution in [2.75, 3.05) is 50.2 Å². The zero-order chi connectivity index (χ0) is 18.3. The van der Waals surface area contributed by atoms with Crippen LogP contribution < -0.4 is 38.6 Å². The summed E-state index contributed by atoms with van der Waals surface area (Å²) in [5, 5.41) is 3.75. The fourth-order valence-electron chi connectivity index (χ4n) is 3.84. The SMILES string of the molecule is Cc1cc(/C=C2/Sc3ccccc3N2C)cc(C)[n+]1N1CCN(C)CC1.[I-]. The lowest BCUT2D eigenvalue weighted by Crippen LogP contribution is -3.00. The predicted molar refractivity (Wildman–Crippen MR) is 110 cm³/mol. The van der Waals surface area contributed by atoms with Crippen LogP contribution in [0.1, 0.15) is 17.0 Å². The van der Waals surface area contributed by atoms with E-state index < -0.39 is 0 Å². The number of benzene rings is 1. The van der Waals surface area contributed by atoms with Gasteiger partial charge in [0.25, 0.3) is 0 Å². The second-order valence-electron chi connectivity index (χ2n) is 7.25. The molecule has 0 amide bonds. The van der Waals surface area contributed by atoms with E-state index in [1.165, 1.54) is 32.6 Å². The number of anilines is 1. The van der Waals surface area contributed by atoms with Gasteiger partial charge >= 0.3 is 0 Å². The molecular formula is C21H27IN4S. The number of pyridine rings is 1. The monoisotopic (exact) mass is 494 g/mol. The van der Waals surface area contributed by atoms with Gasteiger partial charge in [0, 0.05) is 51.0 Å². The van der Waals surface area contributed by atoms with Gasteiger partial charge in [0.05, 0.1) is 23.8 Å². The van der Waals surface area contributed by atoms with Crippen molar-refractivity contribution in [3.8, 4) is 0 Å². The minimum Gasteiger partial charge on any atom is -1.00 e. The molecule has 2 aliphatic heterocycles. The summed E-state index contributed by atoms with van der Waals surface area (Å²) in [5.41, 5.74) is 5.15. The van der Waals surface area contributed by atoms with Crippen LogP contribution in [0.2, 0.25) is 0 Å². The number of fused-ring (bicyclic) bond motifs is 1. The number of rotatable bonds is 2. The zero-order valence-electron chi connectivity index (χ0n) is 16.4. The van der Waals surface area contributed by atoms with Gasteiger partial charge in [0.2, 0.25) is 11.4 Å². The third-order valence-corrected chi connectivity index (χ3v) is 6.41. The molecule has 4 rings (SSSR count). The summed E-state index contributed by atoms with van der Waals surface area (Å²) in [5.74, 6) is 0. The quantitative estimate of drug-likeness (QED) is 0.432. The van der Waals surface area contributed by atoms with Crippen LogP contribution in [0.25, 0.3) is 6.08 Å². The molecule has 0 spiro atoms. The van der Waals surface area contributed by atoms with Crippen LogP contribution in [-0.4, -0.2) is 45.2 Å². The first-order chi connectivity index (χ1) is 12.5. The lowest BCUT2D eigenvalue weighted by atomic mass is 10.2. The fraction of sp³-hybridized carbons (Fsp3) is 0.381. The minimum absolute atomic E-state index is 0. The molecule has 1 aromatic carbocycles. The Morgan fingerprint density at radius 3 is 2.22 bits per heavy atom. The smallest absolute Gasteiger partial charge is 0.209 e. The van der Waals surface area contributed by atoms with Crippen molar-refractivity contribution in [2.24, 2.45) is 0 Å². The van der Waals surface area contributed by atoms with Gasteiger partial charge in [0.15, 0.2) is 0 Å². The van der Waals surface area contributed by atoms with E-state index in [2.05, 4.69) is 89.9 Å². The van der Waals surface area contributed by atoms with Crippen molar-refractivity contribution in [2.45, 2.75) is 18.7 Å². The van der Waals surface area contributed by atoms with Crippen molar-refractivity contribution in [1.82, 2.24) is 4.90 Å². The van der Waals surface area contributed by atoms with Crippen LogP contribution in [-0.2, 0) is 0 Å². The van der Waals surface area contributed by atoms with Crippen LogP contribution in [0, 0.1) is 13.8 Å². The Kier molecular flexibility index (Phi) is 6.38. The van der Waals surface area contributed by atoms with Crippen LogP contribution in [0.3, 0.4) is 0 Å². The minimum atomic E-state index is 0. The molecule has 3 heterocycles. The third-order valence-electron chi connectivity index (χ3n) is 5.24. The summed E-state index contributed by atoms with van der Waals surface area (Å²) < 4.78 is 2.38. The van der Waals surface area contributed by atoms with Crippen LogP contribution in [0.4, 0.5) is 5.69 Å². The summed E-state index contributed by atoms with van der Waals surface area (Å²) >= 11 is 1.85. The fourth-order valence-corrected chi connectivity index (χ4v) is 4.95. The van der Waals surface area contributed by atoms with E-state index in [9.17, 15) is 0 Å². The maximum atomic E-state index is 2.47. The Hall–Kier alpha value is -1.25. The highest BCUT2D eigenvalue weighted by molar-refractivity contribution is 8.03. The second-order valence-corrected chi connectivity index (χ2v) is 8.31. The lowest BCUT2D eigenvalue weighted by Gasteiger charge is -2.30. The van der Waals surface area contributed by atoms with Crippen LogP contribution in [0.5, 0.6) is 0 Å². The van der Waals surface area contributed by atoms with Gasteiger partial charge in [-0.25, -0.2) is 0 Å². The van der Waals surface area contributed by atoms with Crippen LogP contribution >= 0.6 is 11.8 Å². The molecular weight excluding hydrogens is 467 g/mol. The van der Waals surface area contributed by atoms with Crippen molar-refractivity contribution in [3.05, 3.63) is 58.4 Å². The standard InChI is InChI=1S/C21H27N4S.HI/c1-16-13-18(14-17(2)25(16)24-11-9-22(3)10-12-24)15-21-23(4)19-7-5-6-8-20(19)26-21;/h5-8,13-15H,9-12H2,1-4H3;1H/q+1;/p-1. The first-order valence-corrected chi connectivity index (χ1v) is 10.0. The van der Waals surface area contributed by atoms with Crippen molar-refractivity contribution in [1.29, 1.82) is 0 Å². The number of hydrogen-bond acceptors (Lipinski definition) is 4.